The maximum Gasteiger partial charge on any atom is 0.307 e. The van der Waals surface area contributed by atoms with Gasteiger partial charge in [-0.05, 0) is 12.1 Å². The highest BCUT2D eigenvalue weighted by Gasteiger charge is 2.16. The number of esters is 1. The molecule has 0 aromatic heterocycles. The predicted molar refractivity (Wildman–Crippen MR) is 90.4 cm³/mol. The minimum absolute atomic E-state index is 0.0709. The highest BCUT2D eigenvalue weighted by molar-refractivity contribution is 5.79. The van der Waals surface area contributed by atoms with E-state index in [9.17, 15) is 14.4 Å². The Labute approximate surface area is 147 Å². The Bertz CT molecular complexity index is 590. The Morgan fingerprint density at radius 3 is 2.48 bits per heavy atom. The van der Waals surface area contributed by atoms with Crippen LogP contribution in [0.1, 0.15) is 13.3 Å². The third-order valence-corrected chi connectivity index (χ3v) is 3.33. The Morgan fingerprint density at radius 1 is 1.12 bits per heavy atom. The number of rotatable bonds is 10. The third kappa shape index (κ3) is 8.05. The van der Waals surface area contributed by atoms with Crippen molar-refractivity contribution in [3.8, 4) is 11.5 Å². The standard InChI is InChI=1S/C17H24N2O6/c1-13(20)18-8-10-19(9-7-17(22)24-3)16(21)12-25-15-6-4-5-14(11-15)23-2/h4-6,11H,7-10,12H2,1-3H3,(H,18,20). The molecule has 0 radical (unpaired) electrons. The second kappa shape index (κ2) is 10.9. The number of nitrogens with zero attached hydrogens (tertiary/aromatic N) is 1. The van der Waals surface area contributed by atoms with Crippen LogP contribution < -0.4 is 14.8 Å². The first-order chi connectivity index (χ1) is 12.0. The summed E-state index contributed by atoms with van der Waals surface area (Å²) in [5, 5.41) is 2.62. The van der Waals surface area contributed by atoms with E-state index in [-0.39, 0.29) is 37.9 Å². The van der Waals surface area contributed by atoms with Gasteiger partial charge in [-0.1, -0.05) is 6.07 Å². The van der Waals surface area contributed by atoms with E-state index in [1.54, 1.807) is 31.4 Å². The number of hydrogen-bond acceptors (Lipinski definition) is 6. The molecule has 25 heavy (non-hydrogen) atoms. The van der Waals surface area contributed by atoms with Gasteiger partial charge in [0.15, 0.2) is 6.61 Å². The summed E-state index contributed by atoms with van der Waals surface area (Å²) < 4.78 is 15.2. The molecule has 8 nitrogen and oxygen atoms in total. The minimum atomic E-state index is -0.411. The first kappa shape index (κ1) is 20.3. The van der Waals surface area contributed by atoms with Crippen LogP contribution in [0.15, 0.2) is 24.3 Å². The molecule has 1 aromatic rings. The second-order valence-corrected chi connectivity index (χ2v) is 5.16. The lowest BCUT2D eigenvalue weighted by atomic mass is 10.3. The zero-order valence-electron chi connectivity index (χ0n) is 14.7. The van der Waals surface area contributed by atoms with E-state index in [1.807, 2.05) is 0 Å². The number of methoxy groups -OCH3 is 2. The molecule has 0 aliphatic carbocycles. The molecule has 0 aliphatic rings. The van der Waals surface area contributed by atoms with Crippen molar-refractivity contribution < 1.29 is 28.6 Å². The molecule has 0 spiro atoms. The largest absolute Gasteiger partial charge is 0.497 e. The van der Waals surface area contributed by atoms with Crippen LogP contribution in [0.2, 0.25) is 0 Å². The van der Waals surface area contributed by atoms with Gasteiger partial charge in [0.2, 0.25) is 5.91 Å². The average Bonchev–Trinajstić information content (AvgIpc) is 2.62. The molecule has 0 saturated carbocycles. The predicted octanol–water partition coefficient (Wildman–Crippen LogP) is 0.602. The van der Waals surface area contributed by atoms with E-state index in [4.69, 9.17) is 9.47 Å². The van der Waals surface area contributed by atoms with E-state index in [2.05, 4.69) is 10.1 Å². The van der Waals surface area contributed by atoms with Crippen molar-refractivity contribution in [1.82, 2.24) is 10.2 Å². The van der Waals surface area contributed by atoms with Crippen LogP contribution in [0, 0.1) is 0 Å². The highest BCUT2D eigenvalue weighted by atomic mass is 16.5. The van der Waals surface area contributed by atoms with Crippen molar-refractivity contribution >= 4 is 17.8 Å². The molecule has 0 bridgehead atoms. The molecule has 0 unspecified atom stereocenters. The zero-order valence-corrected chi connectivity index (χ0v) is 14.7. The summed E-state index contributed by atoms with van der Waals surface area (Å²) in [5.74, 6) is 0.233. The van der Waals surface area contributed by atoms with Gasteiger partial charge in [0.25, 0.3) is 5.91 Å². The SMILES string of the molecule is COC(=O)CCN(CCNC(C)=O)C(=O)COc1cccc(OC)c1. The number of hydrogen-bond donors (Lipinski definition) is 1. The molecule has 0 saturated heterocycles. The molecule has 0 aliphatic heterocycles. The van der Waals surface area contributed by atoms with Crippen molar-refractivity contribution in [2.45, 2.75) is 13.3 Å². The van der Waals surface area contributed by atoms with Gasteiger partial charge < -0.3 is 24.4 Å². The van der Waals surface area contributed by atoms with E-state index < -0.39 is 5.97 Å². The number of amides is 2. The second-order valence-electron chi connectivity index (χ2n) is 5.16. The molecule has 1 rings (SSSR count). The van der Waals surface area contributed by atoms with Crippen molar-refractivity contribution in [1.29, 1.82) is 0 Å². The van der Waals surface area contributed by atoms with Crippen molar-refractivity contribution in [2.24, 2.45) is 0 Å². The van der Waals surface area contributed by atoms with Gasteiger partial charge in [-0.15, -0.1) is 0 Å². The monoisotopic (exact) mass is 352 g/mol. The quantitative estimate of drug-likeness (QED) is 0.620. The first-order valence-corrected chi connectivity index (χ1v) is 7.82. The highest BCUT2D eigenvalue weighted by Crippen LogP contribution is 2.18. The molecular weight excluding hydrogens is 328 g/mol. The van der Waals surface area contributed by atoms with Crippen molar-refractivity contribution in [3.05, 3.63) is 24.3 Å². The van der Waals surface area contributed by atoms with Gasteiger partial charge in [-0.3, -0.25) is 14.4 Å². The van der Waals surface area contributed by atoms with Gasteiger partial charge >= 0.3 is 5.97 Å². The molecule has 1 N–H and O–H groups in total. The lowest BCUT2D eigenvalue weighted by Crippen LogP contribution is -2.41. The number of nitrogens with one attached hydrogen (secondary N) is 1. The van der Waals surface area contributed by atoms with Crippen LogP contribution in [-0.2, 0) is 19.1 Å². The lowest BCUT2D eigenvalue weighted by Gasteiger charge is -2.22. The summed E-state index contributed by atoms with van der Waals surface area (Å²) >= 11 is 0. The molecule has 138 valence electrons. The van der Waals surface area contributed by atoms with Crippen LogP contribution in [0.3, 0.4) is 0 Å². The van der Waals surface area contributed by atoms with Crippen molar-refractivity contribution in [2.75, 3.05) is 40.5 Å². The van der Waals surface area contributed by atoms with Gasteiger partial charge in [0, 0.05) is 32.6 Å². The molecular formula is C17H24N2O6. The Kier molecular flexibility index (Phi) is 8.84. The fourth-order valence-corrected chi connectivity index (χ4v) is 1.98. The molecule has 2 amide bonds. The minimum Gasteiger partial charge on any atom is -0.497 e. The molecule has 0 heterocycles. The van der Waals surface area contributed by atoms with Crippen LogP contribution in [0.4, 0.5) is 0 Å². The number of ether oxygens (including phenoxy) is 3. The maximum atomic E-state index is 12.4. The summed E-state index contributed by atoms with van der Waals surface area (Å²) in [6.45, 7) is 1.96. The number of carbonyl (C=O) groups excluding carboxylic acids is 3. The summed E-state index contributed by atoms with van der Waals surface area (Å²) in [5.41, 5.74) is 0. The Morgan fingerprint density at radius 2 is 1.84 bits per heavy atom. The van der Waals surface area contributed by atoms with Gasteiger partial charge in [-0.2, -0.15) is 0 Å². The number of benzene rings is 1. The first-order valence-electron chi connectivity index (χ1n) is 7.82. The average molecular weight is 352 g/mol. The third-order valence-electron chi connectivity index (χ3n) is 3.33. The van der Waals surface area contributed by atoms with E-state index >= 15 is 0 Å². The van der Waals surface area contributed by atoms with Crippen molar-refractivity contribution in [3.63, 3.8) is 0 Å². The van der Waals surface area contributed by atoms with Crippen LogP contribution in [0.5, 0.6) is 11.5 Å². The lowest BCUT2D eigenvalue weighted by molar-refractivity contribution is -0.142. The fraction of sp³-hybridized carbons (Fsp3) is 0.471. The smallest absolute Gasteiger partial charge is 0.307 e. The number of carbonyl (C=O) groups is 3. The molecule has 0 fully saturated rings. The summed E-state index contributed by atoms with van der Waals surface area (Å²) in [6.07, 6.45) is 0.0709. The molecule has 0 atom stereocenters. The van der Waals surface area contributed by atoms with Crippen LogP contribution in [0.25, 0.3) is 0 Å². The van der Waals surface area contributed by atoms with Gasteiger partial charge in [0.1, 0.15) is 11.5 Å². The van der Waals surface area contributed by atoms with Gasteiger partial charge in [-0.25, -0.2) is 0 Å². The fourth-order valence-electron chi connectivity index (χ4n) is 1.98. The van der Waals surface area contributed by atoms with Crippen LogP contribution in [-0.4, -0.2) is 63.1 Å². The Balaban J connectivity index is 2.59. The van der Waals surface area contributed by atoms with E-state index in [0.717, 1.165) is 0 Å². The summed E-state index contributed by atoms with van der Waals surface area (Å²) in [7, 11) is 2.83. The van der Waals surface area contributed by atoms with E-state index in [0.29, 0.717) is 18.0 Å². The summed E-state index contributed by atoms with van der Waals surface area (Å²) in [4.78, 5) is 36.1. The topological polar surface area (TPSA) is 94.2 Å². The zero-order chi connectivity index (χ0) is 18.7. The summed E-state index contributed by atoms with van der Waals surface area (Å²) in [6, 6.07) is 6.91. The van der Waals surface area contributed by atoms with Gasteiger partial charge in [0.05, 0.1) is 20.6 Å². The molecule has 8 heteroatoms. The molecule has 1 aromatic carbocycles. The normalized spacial score (nSPS) is 9.88. The van der Waals surface area contributed by atoms with Crippen LogP contribution >= 0.6 is 0 Å². The van der Waals surface area contributed by atoms with E-state index in [1.165, 1.54) is 18.9 Å². The maximum absolute atomic E-state index is 12.4. The Hall–Kier alpha value is -2.77.